The predicted octanol–water partition coefficient (Wildman–Crippen LogP) is 1.52. The molecule has 9 atom stereocenters. The molecule has 0 aromatic carbocycles. The summed E-state index contributed by atoms with van der Waals surface area (Å²) in [7, 11) is 0. The Morgan fingerprint density at radius 2 is 1.46 bits per heavy atom. The van der Waals surface area contributed by atoms with Crippen LogP contribution in [0.1, 0.15) is 19.3 Å². The van der Waals surface area contributed by atoms with E-state index in [1.165, 1.54) is 12.8 Å². The lowest BCUT2D eigenvalue weighted by atomic mass is 9.77. The van der Waals surface area contributed by atoms with Crippen molar-refractivity contribution in [1.82, 2.24) is 0 Å². The van der Waals surface area contributed by atoms with Crippen molar-refractivity contribution in [3.8, 4) is 0 Å². The SMILES string of the molecule is O[C@@H]1C2C3C[C@H]4C[C@@H]3[C@H]3[C@@H]4[C@@H]1C[C@@H]23. The van der Waals surface area contributed by atoms with E-state index in [1.54, 1.807) is 6.42 Å². The lowest BCUT2D eigenvalue weighted by molar-refractivity contribution is 0.0327. The van der Waals surface area contributed by atoms with Crippen LogP contribution in [0.3, 0.4) is 0 Å². The first-order chi connectivity index (χ1) is 6.36. The van der Waals surface area contributed by atoms with Crippen LogP contribution in [0, 0.1) is 47.3 Å². The normalized spacial score (nSPS) is 80.5. The van der Waals surface area contributed by atoms with Crippen molar-refractivity contribution in [2.24, 2.45) is 47.3 Å². The third kappa shape index (κ3) is 0.439. The summed E-state index contributed by atoms with van der Waals surface area (Å²) in [6.45, 7) is 0. The number of hydrogen-bond acceptors (Lipinski definition) is 1. The molecule has 1 heteroatoms. The lowest BCUT2D eigenvalue weighted by Crippen LogP contribution is -2.32. The van der Waals surface area contributed by atoms with E-state index in [-0.39, 0.29) is 6.10 Å². The van der Waals surface area contributed by atoms with E-state index >= 15 is 0 Å². The van der Waals surface area contributed by atoms with Crippen molar-refractivity contribution >= 4 is 0 Å². The third-order valence-electron chi connectivity index (χ3n) is 6.54. The van der Waals surface area contributed by atoms with Crippen LogP contribution >= 0.6 is 0 Å². The van der Waals surface area contributed by atoms with Gasteiger partial charge in [0.15, 0.2) is 0 Å². The molecule has 5 aliphatic carbocycles. The molecule has 0 aliphatic heterocycles. The summed E-state index contributed by atoms with van der Waals surface area (Å²) >= 11 is 0. The standard InChI is InChI=1S/C12H16O/c13-12-8-3-7-10-5-1-4(9(8)10)2-6(5)11(7)12/h4-13H,1-3H2/t4-,5+,6?,7-,8+,9+,10-,11?,12+/m1/s1. The average molecular weight is 176 g/mol. The van der Waals surface area contributed by atoms with Crippen LogP contribution in [-0.4, -0.2) is 11.2 Å². The van der Waals surface area contributed by atoms with Gasteiger partial charge in [-0.1, -0.05) is 0 Å². The van der Waals surface area contributed by atoms with Crippen molar-refractivity contribution in [2.75, 3.05) is 0 Å². The van der Waals surface area contributed by atoms with Crippen molar-refractivity contribution in [3.63, 3.8) is 0 Å². The fraction of sp³-hybridized carbons (Fsp3) is 1.00. The smallest absolute Gasteiger partial charge is 0.0605 e. The first kappa shape index (κ1) is 6.44. The highest BCUT2D eigenvalue weighted by Gasteiger charge is 2.75. The zero-order valence-corrected chi connectivity index (χ0v) is 7.76. The van der Waals surface area contributed by atoms with E-state index < -0.39 is 0 Å². The summed E-state index contributed by atoms with van der Waals surface area (Å²) < 4.78 is 0. The second kappa shape index (κ2) is 1.60. The van der Waals surface area contributed by atoms with Gasteiger partial charge in [-0.05, 0) is 66.6 Å². The highest BCUT2D eigenvalue weighted by molar-refractivity contribution is 5.23. The van der Waals surface area contributed by atoms with E-state index in [0.717, 1.165) is 47.3 Å². The Labute approximate surface area is 78.5 Å². The van der Waals surface area contributed by atoms with Crippen LogP contribution in [0.4, 0.5) is 0 Å². The number of aliphatic hydroxyl groups is 1. The summed E-state index contributed by atoms with van der Waals surface area (Å²) in [6.07, 6.45) is 4.59. The monoisotopic (exact) mass is 176 g/mol. The quantitative estimate of drug-likeness (QED) is 0.593. The molecule has 0 aromatic heterocycles. The molecule has 70 valence electrons. The van der Waals surface area contributed by atoms with Crippen LogP contribution in [-0.2, 0) is 0 Å². The highest BCUT2D eigenvalue weighted by Crippen LogP contribution is 2.78. The topological polar surface area (TPSA) is 20.2 Å². The van der Waals surface area contributed by atoms with Gasteiger partial charge in [0.1, 0.15) is 0 Å². The van der Waals surface area contributed by atoms with Gasteiger partial charge in [0.05, 0.1) is 6.10 Å². The van der Waals surface area contributed by atoms with E-state index in [0.29, 0.717) is 0 Å². The Bertz CT molecular complexity index is 290. The van der Waals surface area contributed by atoms with Crippen LogP contribution in [0.15, 0.2) is 0 Å². The number of hydrogen-bond donors (Lipinski definition) is 1. The minimum Gasteiger partial charge on any atom is -0.393 e. The maximum atomic E-state index is 10.2. The van der Waals surface area contributed by atoms with Crippen LogP contribution in [0.25, 0.3) is 0 Å². The number of aliphatic hydroxyl groups excluding tert-OH is 1. The van der Waals surface area contributed by atoms with E-state index in [2.05, 4.69) is 0 Å². The Morgan fingerprint density at radius 1 is 0.692 bits per heavy atom. The van der Waals surface area contributed by atoms with Crippen molar-refractivity contribution < 1.29 is 5.11 Å². The molecular formula is C12H16O. The average Bonchev–Trinajstić information content (AvgIpc) is 2.74. The predicted molar refractivity (Wildman–Crippen MR) is 47.8 cm³/mol. The van der Waals surface area contributed by atoms with Gasteiger partial charge in [-0.2, -0.15) is 0 Å². The molecule has 5 fully saturated rings. The van der Waals surface area contributed by atoms with Crippen molar-refractivity contribution in [2.45, 2.75) is 25.4 Å². The minimum absolute atomic E-state index is 0.131. The summed E-state index contributed by atoms with van der Waals surface area (Å²) in [6, 6.07) is 0. The molecule has 1 nitrogen and oxygen atoms in total. The third-order valence-corrected chi connectivity index (χ3v) is 6.54. The zero-order valence-electron chi connectivity index (χ0n) is 7.76. The molecule has 13 heavy (non-hydrogen) atoms. The van der Waals surface area contributed by atoms with Crippen molar-refractivity contribution in [1.29, 1.82) is 0 Å². The van der Waals surface area contributed by atoms with Gasteiger partial charge >= 0.3 is 0 Å². The molecule has 0 saturated heterocycles. The molecule has 4 bridgehead atoms. The van der Waals surface area contributed by atoms with Gasteiger partial charge in [0.25, 0.3) is 0 Å². The molecule has 5 rings (SSSR count). The molecule has 0 radical (unpaired) electrons. The Kier molecular flexibility index (Phi) is 0.793. The van der Waals surface area contributed by atoms with Gasteiger partial charge in [0, 0.05) is 0 Å². The molecule has 5 aliphatic rings. The summed E-state index contributed by atoms with van der Waals surface area (Å²) in [5.41, 5.74) is 0. The largest absolute Gasteiger partial charge is 0.393 e. The fourth-order valence-corrected chi connectivity index (χ4v) is 6.70. The fourth-order valence-electron chi connectivity index (χ4n) is 6.70. The highest BCUT2D eigenvalue weighted by atomic mass is 16.3. The first-order valence-electron chi connectivity index (χ1n) is 6.04. The Balaban J connectivity index is 1.82. The van der Waals surface area contributed by atoms with E-state index in [9.17, 15) is 5.11 Å². The van der Waals surface area contributed by atoms with E-state index in [1.807, 2.05) is 0 Å². The maximum Gasteiger partial charge on any atom is 0.0605 e. The van der Waals surface area contributed by atoms with Crippen molar-refractivity contribution in [3.05, 3.63) is 0 Å². The molecular weight excluding hydrogens is 160 g/mol. The second-order valence-electron chi connectivity index (χ2n) is 6.35. The number of rotatable bonds is 0. The molecule has 0 aromatic rings. The molecule has 5 saturated carbocycles. The first-order valence-corrected chi connectivity index (χ1v) is 6.04. The Hall–Kier alpha value is -0.0400. The van der Waals surface area contributed by atoms with Gasteiger partial charge in [-0.25, -0.2) is 0 Å². The summed E-state index contributed by atoms with van der Waals surface area (Å²) in [4.78, 5) is 0. The Morgan fingerprint density at radius 3 is 2.31 bits per heavy atom. The molecule has 2 unspecified atom stereocenters. The van der Waals surface area contributed by atoms with Gasteiger partial charge in [-0.15, -0.1) is 0 Å². The van der Waals surface area contributed by atoms with Crippen LogP contribution in [0.2, 0.25) is 0 Å². The molecule has 0 amide bonds. The van der Waals surface area contributed by atoms with E-state index in [4.69, 9.17) is 0 Å². The maximum absolute atomic E-state index is 10.2. The summed E-state index contributed by atoms with van der Waals surface area (Å²) in [5.74, 6) is 7.68. The lowest BCUT2D eigenvalue weighted by Gasteiger charge is -2.30. The molecule has 0 heterocycles. The summed E-state index contributed by atoms with van der Waals surface area (Å²) in [5, 5.41) is 10.2. The molecule has 0 spiro atoms. The zero-order chi connectivity index (χ0) is 8.32. The molecule has 1 N–H and O–H groups in total. The second-order valence-corrected chi connectivity index (χ2v) is 6.35. The van der Waals surface area contributed by atoms with Gasteiger partial charge in [-0.3, -0.25) is 0 Å². The van der Waals surface area contributed by atoms with Crippen LogP contribution in [0.5, 0.6) is 0 Å². The number of fused-ring (bicyclic) bond motifs is 5. The minimum atomic E-state index is 0.131. The van der Waals surface area contributed by atoms with Crippen LogP contribution < -0.4 is 0 Å². The van der Waals surface area contributed by atoms with Gasteiger partial charge in [0.2, 0.25) is 0 Å². The van der Waals surface area contributed by atoms with Gasteiger partial charge < -0.3 is 5.11 Å².